The minimum Gasteiger partial charge on any atom is -0.496 e. The molecule has 2 atom stereocenters. The molecule has 0 amide bonds. The lowest BCUT2D eigenvalue weighted by atomic mass is 9.84. The number of fused-ring (bicyclic) bond motifs is 1. The Morgan fingerprint density at radius 1 is 1.09 bits per heavy atom. The van der Waals surface area contributed by atoms with E-state index in [0.717, 1.165) is 77.0 Å². The molecule has 6 heteroatoms. The number of methoxy groups -OCH3 is 1. The van der Waals surface area contributed by atoms with Gasteiger partial charge < -0.3 is 14.0 Å². The summed E-state index contributed by atoms with van der Waals surface area (Å²) in [5, 5.41) is 4.44. The van der Waals surface area contributed by atoms with Crippen molar-refractivity contribution >= 4 is 0 Å². The molecule has 2 aliphatic heterocycles. The molecule has 1 aromatic carbocycles. The van der Waals surface area contributed by atoms with Gasteiger partial charge in [0.25, 0.3) is 0 Å². The van der Waals surface area contributed by atoms with Gasteiger partial charge in [-0.25, -0.2) is 0 Å². The molecule has 1 aromatic heterocycles. The molecule has 6 nitrogen and oxygen atoms in total. The third-order valence-corrected chi connectivity index (χ3v) is 7.45. The van der Waals surface area contributed by atoms with Gasteiger partial charge in [-0.1, -0.05) is 18.1 Å². The maximum atomic E-state index is 5.93. The van der Waals surface area contributed by atoms with Crippen LogP contribution in [0.5, 0.6) is 5.75 Å². The van der Waals surface area contributed by atoms with Crippen molar-refractivity contribution in [3.63, 3.8) is 0 Å². The summed E-state index contributed by atoms with van der Waals surface area (Å²) in [4.78, 5) is 5.05. The molecule has 0 N–H and O–H groups in total. The molecule has 0 saturated carbocycles. The Kier molecular flexibility index (Phi) is 6.81. The Morgan fingerprint density at radius 3 is 2.81 bits per heavy atom. The maximum absolute atomic E-state index is 5.93. The highest BCUT2D eigenvalue weighted by atomic mass is 16.5. The Labute approximate surface area is 191 Å². The Hall–Kier alpha value is -1.89. The van der Waals surface area contributed by atoms with Crippen molar-refractivity contribution in [3.8, 4) is 5.75 Å². The van der Waals surface area contributed by atoms with Crippen molar-refractivity contribution in [1.82, 2.24) is 15.0 Å². The minimum absolute atomic E-state index is 0.469. The predicted octanol–water partition coefficient (Wildman–Crippen LogP) is 4.02. The fourth-order valence-corrected chi connectivity index (χ4v) is 5.65. The number of hydrogen-bond acceptors (Lipinski definition) is 6. The van der Waals surface area contributed by atoms with Crippen molar-refractivity contribution in [3.05, 3.63) is 46.3 Å². The number of benzene rings is 1. The molecular formula is C26H37N3O3. The van der Waals surface area contributed by atoms with E-state index in [2.05, 4.69) is 40.1 Å². The predicted molar refractivity (Wildman–Crippen MR) is 124 cm³/mol. The molecule has 3 heterocycles. The van der Waals surface area contributed by atoms with E-state index >= 15 is 0 Å². The summed E-state index contributed by atoms with van der Waals surface area (Å²) >= 11 is 0. The number of piperidine rings is 1. The largest absolute Gasteiger partial charge is 0.496 e. The summed E-state index contributed by atoms with van der Waals surface area (Å²) in [7, 11) is 1.77. The van der Waals surface area contributed by atoms with E-state index < -0.39 is 0 Å². The summed E-state index contributed by atoms with van der Waals surface area (Å²) in [6.07, 6.45) is 5.87. The number of aromatic nitrogens is 1. The van der Waals surface area contributed by atoms with E-state index in [0.29, 0.717) is 5.92 Å². The molecule has 1 aliphatic carbocycles. The van der Waals surface area contributed by atoms with Crippen LogP contribution in [-0.2, 0) is 30.7 Å². The van der Waals surface area contributed by atoms with Crippen molar-refractivity contribution in [2.75, 3.05) is 46.5 Å². The lowest BCUT2D eigenvalue weighted by Gasteiger charge is -2.32. The van der Waals surface area contributed by atoms with Gasteiger partial charge in [-0.3, -0.25) is 9.80 Å². The van der Waals surface area contributed by atoms with E-state index in [4.69, 9.17) is 14.0 Å². The van der Waals surface area contributed by atoms with Gasteiger partial charge in [0.05, 0.1) is 26.0 Å². The van der Waals surface area contributed by atoms with Gasteiger partial charge in [0.1, 0.15) is 11.5 Å². The highest BCUT2D eigenvalue weighted by Gasteiger charge is 2.31. The summed E-state index contributed by atoms with van der Waals surface area (Å²) in [6, 6.07) is 6.71. The third-order valence-electron chi connectivity index (χ3n) is 7.45. The smallest absolute Gasteiger partial charge is 0.144 e. The second-order valence-electron chi connectivity index (χ2n) is 9.93. The number of ether oxygens (including phenoxy) is 2. The van der Waals surface area contributed by atoms with Crippen LogP contribution in [0.15, 0.2) is 22.7 Å². The minimum atomic E-state index is 0.469. The van der Waals surface area contributed by atoms with Gasteiger partial charge in [0.15, 0.2) is 0 Å². The van der Waals surface area contributed by atoms with E-state index in [1.807, 2.05) is 0 Å². The van der Waals surface area contributed by atoms with Crippen molar-refractivity contribution < 1.29 is 14.0 Å². The lowest BCUT2D eigenvalue weighted by molar-refractivity contribution is 0.0338. The molecule has 3 aliphatic rings. The topological polar surface area (TPSA) is 51.0 Å². The average Bonchev–Trinajstić information content (AvgIpc) is 3.23. The molecule has 2 aromatic rings. The summed E-state index contributed by atoms with van der Waals surface area (Å²) in [6.45, 7) is 10.1. The molecule has 0 spiro atoms. The van der Waals surface area contributed by atoms with E-state index in [-0.39, 0.29) is 0 Å². The third kappa shape index (κ3) is 4.87. The second-order valence-corrected chi connectivity index (χ2v) is 9.93. The highest BCUT2D eigenvalue weighted by molar-refractivity contribution is 5.37. The van der Waals surface area contributed by atoms with Crippen LogP contribution in [0.2, 0.25) is 0 Å². The maximum Gasteiger partial charge on any atom is 0.144 e. The van der Waals surface area contributed by atoms with Crippen LogP contribution in [0.25, 0.3) is 0 Å². The van der Waals surface area contributed by atoms with Gasteiger partial charge >= 0.3 is 0 Å². The summed E-state index contributed by atoms with van der Waals surface area (Å²) in [5.41, 5.74) is 5.28. The van der Waals surface area contributed by atoms with Crippen LogP contribution in [-0.4, -0.2) is 61.5 Å². The normalized spacial score (nSPS) is 24.9. The monoisotopic (exact) mass is 439 g/mol. The molecule has 0 radical (unpaired) electrons. The quantitative estimate of drug-likeness (QED) is 0.678. The molecule has 174 valence electrons. The number of hydrogen-bond donors (Lipinski definition) is 0. The van der Waals surface area contributed by atoms with Gasteiger partial charge in [-0.2, -0.15) is 0 Å². The second kappa shape index (κ2) is 9.94. The van der Waals surface area contributed by atoms with Crippen molar-refractivity contribution in [1.29, 1.82) is 0 Å². The molecular weight excluding hydrogens is 402 g/mol. The summed E-state index contributed by atoms with van der Waals surface area (Å²) in [5.74, 6) is 3.37. The Bertz CT molecular complexity index is 906. The SMILES string of the molecule is COc1ccc(CN2CCC[C@@H](c3onc4c3C[C@H](C)CC4)C2)cc1CN1CCOCC1. The first-order valence-electron chi connectivity index (χ1n) is 12.3. The fourth-order valence-electron chi connectivity index (χ4n) is 5.65. The fraction of sp³-hybridized carbons (Fsp3) is 0.654. The van der Waals surface area contributed by atoms with E-state index in [1.54, 1.807) is 7.11 Å². The molecule has 32 heavy (non-hydrogen) atoms. The van der Waals surface area contributed by atoms with Crippen LogP contribution in [0, 0.1) is 5.92 Å². The number of morpholine rings is 1. The first-order chi connectivity index (χ1) is 15.7. The van der Waals surface area contributed by atoms with Crippen LogP contribution in [0.3, 0.4) is 0 Å². The Morgan fingerprint density at radius 2 is 1.97 bits per heavy atom. The lowest BCUT2D eigenvalue weighted by Crippen LogP contribution is -2.36. The molecule has 2 fully saturated rings. The standard InChI is InChI=1S/C26H37N3O3/c1-19-5-7-24-23(14-19)26(32-27-24)21-4-3-9-29(17-21)16-20-6-8-25(30-2)22(15-20)18-28-10-12-31-13-11-28/h6,8,15,19,21H,3-5,7,9-14,16-18H2,1-2H3/t19-,21-/m1/s1. The van der Waals surface area contributed by atoms with Gasteiger partial charge in [0, 0.05) is 49.8 Å². The van der Waals surface area contributed by atoms with Crippen molar-refractivity contribution in [2.45, 2.75) is 58.0 Å². The van der Waals surface area contributed by atoms with Gasteiger partial charge in [0.2, 0.25) is 0 Å². The number of likely N-dealkylation sites (tertiary alicyclic amines) is 1. The molecule has 0 unspecified atom stereocenters. The molecule has 0 bridgehead atoms. The highest BCUT2D eigenvalue weighted by Crippen LogP contribution is 2.36. The first-order valence-corrected chi connectivity index (χ1v) is 12.3. The van der Waals surface area contributed by atoms with Gasteiger partial charge in [-0.15, -0.1) is 0 Å². The van der Waals surface area contributed by atoms with Crippen molar-refractivity contribution in [2.24, 2.45) is 5.92 Å². The molecule has 5 rings (SSSR count). The van der Waals surface area contributed by atoms with Crippen LogP contribution in [0.4, 0.5) is 0 Å². The van der Waals surface area contributed by atoms with Gasteiger partial charge in [-0.05, 0) is 62.3 Å². The summed E-state index contributed by atoms with van der Waals surface area (Å²) < 4.78 is 17.1. The molecule has 2 saturated heterocycles. The van der Waals surface area contributed by atoms with Crippen LogP contribution < -0.4 is 4.74 Å². The zero-order valence-electron chi connectivity index (χ0n) is 19.6. The number of nitrogens with zero attached hydrogens (tertiary/aromatic N) is 3. The average molecular weight is 440 g/mol. The zero-order valence-corrected chi connectivity index (χ0v) is 19.6. The Balaban J connectivity index is 1.27. The van der Waals surface area contributed by atoms with E-state index in [1.165, 1.54) is 47.4 Å². The van der Waals surface area contributed by atoms with Crippen LogP contribution >= 0.6 is 0 Å². The van der Waals surface area contributed by atoms with E-state index in [9.17, 15) is 0 Å². The number of rotatable bonds is 6. The number of aryl methyl sites for hydroxylation is 1. The first kappa shape index (κ1) is 21.9. The van der Waals surface area contributed by atoms with Crippen LogP contribution in [0.1, 0.15) is 60.2 Å². The zero-order chi connectivity index (χ0) is 21.9.